The fourth-order valence-corrected chi connectivity index (χ4v) is 2.71. The third-order valence-electron chi connectivity index (χ3n) is 3.86. The number of rotatable bonds is 4. The maximum absolute atomic E-state index is 4.56. The van der Waals surface area contributed by atoms with Gasteiger partial charge in [-0.1, -0.05) is 18.2 Å². The monoisotopic (exact) mass is 268 g/mol. The second-order valence-electron chi connectivity index (χ2n) is 5.14. The molecule has 0 radical (unpaired) electrons. The van der Waals surface area contributed by atoms with Gasteiger partial charge in [-0.3, -0.25) is 0 Å². The molecule has 0 aliphatic rings. The maximum atomic E-state index is 4.56. The van der Waals surface area contributed by atoms with Crippen molar-refractivity contribution in [3.05, 3.63) is 42.5 Å². The zero-order valence-electron chi connectivity index (χ0n) is 12.2. The minimum Gasteiger partial charge on any atom is -0.350 e. The highest BCUT2D eigenvalue weighted by Gasteiger charge is 2.13. The Morgan fingerprint density at radius 2 is 2.00 bits per heavy atom. The molecule has 4 heteroatoms. The van der Waals surface area contributed by atoms with E-state index in [1.165, 1.54) is 22.2 Å². The molecular formula is C16H20N4. The Balaban J connectivity index is 2.10. The molecule has 104 valence electrons. The lowest BCUT2D eigenvalue weighted by Gasteiger charge is -2.05. The average Bonchev–Trinajstić information content (AvgIpc) is 2.98. The van der Waals surface area contributed by atoms with E-state index in [4.69, 9.17) is 0 Å². The van der Waals surface area contributed by atoms with Crippen LogP contribution in [0.25, 0.3) is 22.2 Å². The Labute approximate surface area is 119 Å². The molecule has 3 aromatic rings. The first-order valence-corrected chi connectivity index (χ1v) is 6.92. The van der Waals surface area contributed by atoms with E-state index in [1.807, 2.05) is 13.2 Å². The van der Waals surface area contributed by atoms with Crippen molar-refractivity contribution in [2.45, 2.75) is 6.42 Å². The minimum absolute atomic E-state index is 0.942. The Hall–Kier alpha value is -2.07. The van der Waals surface area contributed by atoms with Crippen LogP contribution in [0, 0.1) is 0 Å². The lowest BCUT2D eigenvalue weighted by molar-refractivity contribution is 0.720. The molecule has 20 heavy (non-hydrogen) atoms. The summed E-state index contributed by atoms with van der Waals surface area (Å²) in [6.45, 7) is 0.944. The SMILES string of the molecule is CNCCc1ncc(-c2cn(C)c3ccccc23)n1C. The summed E-state index contributed by atoms with van der Waals surface area (Å²) in [6, 6.07) is 8.49. The van der Waals surface area contributed by atoms with Gasteiger partial charge >= 0.3 is 0 Å². The van der Waals surface area contributed by atoms with Crippen LogP contribution in [0.3, 0.4) is 0 Å². The number of nitrogens with zero attached hydrogens (tertiary/aromatic N) is 3. The molecule has 4 nitrogen and oxygen atoms in total. The molecule has 2 heterocycles. The quantitative estimate of drug-likeness (QED) is 0.788. The van der Waals surface area contributed by atoms with E-state index >= 15 is 0 Å². The molecule has 0 spiro atoms. The van der Waals surface area contributed by atoms with E-state index in [0.717, 1.165) is 18.8 Å². The third-order valence-corrected chi connectivity index (χ3v) is 3.86. The van der Waals surface area contributed by atoms with Crippen LogP contribution >= 0.6 is 0 Å². The molecule has 0 aliphatic heterocycles. The Morgan fingerprint density at radius 3 is 2.80 bits per heavy atom. The van der Waals surface area contributed by atoms with Gasteiger partial charge in [0.25, 0.3) is 0 Å². The van der Waals surface area contributed by atoms with Gasteiger partial charge in [-0.05, 0) is 13.1 Å². The molecule has 0 fully saturated rings. The van der Waals surface area contributed by atoms with Crippen LogP contribution in [-0.2, 0) is 20.5 Å². The van der Waals surface area contributed by atoms with E-state index < -0.39 is 0 Å². The van der Waals surface area contributed by atoms with Crippen LogP contribution < -0.4 is 5.32 Å². The van der Waals surface area contributed by atoms with E-state index in [2.05, 4.69) is 64.0 Å². The molecule has 2 aromatic heterocycles. The van der Waals surface area contributed by atoms with E-state index in [0.29, 0.717) is 0 Å². The number of nitrogens with one attached hydrogen (secondary N) is 1. The highest BCUT2D eigenvalue weighted by Crippen LogP contribution is 2.30. The number of aryl methyl sites for hydroxylation is 1. The van der Waals surface area contributed by atoms with Crippen LogP contribution in [0.2, 0.25) is 0 Å². The summed E-state index contributed by atoms with van der Waals surface area (Å²) in [5.41, 5.74) is 3.67. The van der Waals surface area contributed by atoms with Gasteiger partial charge in [0.1, 0.15) is 5.82 Å². The lowest BCUT2D eigenvalue weighted by Crippen LogP contribution is -2.13. The highest BCUT2D eigenvalue weighted by molar-refractivity contribution is 5.95. The first-order valence-electron chi connectivity index (χ1n) is 6.92. The predicted molar refractivity (Wildman–Crippen MR) is 82.8 cm³/mol. The third kappa shape index (κ3) is 2.02. The maximum Gasteiger partial charge on any atom is 0.110 e. The lowest BCUT2D eigenvalue weighted by atomic mass is 10.1. The van der Waals surface area contributed by atoms with E-state index in [-0.39, 0.29) is 0 Å². The summed E-state index contributed by atoms with van der Waals surface area (Å²) < 4.78 is 4.37. The second-order valence-corrected chi connectivity index (χ2v) is 5.14. The van der Waals surface area contributed by atoms with Gasteiger partial charge in [0, 0.05) is 49.7 Å². The molecule has 0 aliphatic carbocycles. The van der Waals surface area contributed by atoms with Gasteiger partial charge in [-0.2, -0.15) is 0 Å². The van der Waals surface area contributed by atoms with E-state index in [1.54, 1.807) is 0 Å². The standard InChI is InChI=1S/C16H20N4/c1-17-9-8-16-18-10-15(20(16)3)13-11-19(2)14-7-5-4-6-12(13)14/h4-7,10-11,17H,8-9H2,1-3H3. The molecule has 0 atom stereocenters. The molecule has 3 rings (SSSR count). The van der Waals surface area contributed by atoms with Crippen LogP contribution in [-0.4, -0.2) is 27.7 Å². The summed E-state index contributed by atoms with van der Waals surface area (Å²) in [4.78, 5) is 4.56. The smallest absolute Gasteiger partial charge is 0.110 e. The Morgan fingerprint density at radius 1 is 1.20 bits per heavy atom. The second kappa shape index (κ2) is 5.13. The number of imidazole rings is 1. The fraction of sp³-hybridized carbons (Fsp3) is 0.312. The zero-order chi connectivity index (χ0) is 14.1. The molecule has 0 saturated carbocycles. The van der Waals surface area contributed by atoms with Crippen molar-refractivity contribution in [3.8, 4) is 11.3 Å². The van der Waals surface area contributed by atoms with Crippen molar-refractivity contribution in [1.29, 1.82) is 0 Å². The topological polar surface area (TPSA) is 34.8 Å². The molecule has 0 bridgehead atoms. The first kappa shape index (κ1) is 12.9. The van der Waals surface area contributed by atoms with Crippen molar-refractivity contribution in [2.75, 3.05) is 13.6 Å². The van der Waals surface area contributed by atoms with Crippen LogP contribution in [0.15, 0.2) is 36.7 Å². The number of hydrogen-bond donors (Lipinski definition) is 1. The van der Waals surface area contributed by atoms with Crippen LogP contribution in [0.4, 0.5) is 0 Å². The normalized spacial score (nSPS) is 11.3. The summed E-state index contributed by atoms with van der Waals surface area (Å²) >= 11 is 0. The zero-order valence-corrected chi connectivity index (χ0v) is 12.2. The summed E-state index contributed by atoms with van der Waals surface area (Å²) in [7, 11) is 6.15. The Kier molecular flexibility index (Phi) is 3.32. The highest BCUT2D eigenvalue weighted by atomic mass is 15.1. The van der Waals surface area contributed by atoms with Crippen molar-refractivity contribution >= 4 is 10.9 Å². The number of likely N-dealkylation sites (N-methyl/N-ethyl adjacent to an activating group) is 1. The van der Waals surface area contributed by atoms with Crippen molar-refractivity contribution < 1.29 is 0 Å². The summed E-state index contributed by atoms with van der Waals surface area (Å²) in [6.07, 6.45) is 5.11. The molecular weight excluding hydrogens is 248 g/mol. The fourth-order valence-electron chi connectivity index (χ4n) is 2.71. The van der Waals surface area contributed by atoms with Crippen LogP contribution in [0.5, 0.6) is 0 Å². The molecule has 1 aromatic carbocycles. The number of para-hydroxylation sites is 1. The number of aromatic nitrogens is 3. The summed E-state index contributed by atoms with van der Waals surface area (Å²) in [5.74, 6) is 1.11. The van der Waals surface area contributed by atoms with Crippen LogP contribution in [0.1, 0.15) is 5.82 Å². The van der Waals surface area contributed by atoms with Gasteiger partial charge in [0.15, 0.2) is 0 Å². The number of hydrogen-bond acceptors (Lipinski definition) is 2. The average molecular weight is 268 g/mol. The van der Waals surface area contributed by atoms with Crippen molar-refractivity contribution in [2.24, 2.45) is 14.1 Å². The first-order chi connectivity index (χ1) is 9.72. The molecule has 0 unspecified atom stereocenters. The predicted octanol–water partition coefficient (Wildman–Crippen LogP) is 2.34. The number of benzene rings is 1. The van der Waals surface area contributed by atoms with Gasteiger partial charge in [0.2, 0.25) is 0 Å². The van der Waals surface area contributed by atoms with Gasteiger partial charge < -0.3 is 14.5 Å². The van der Waals surface area contributed by atoms with Crippen molar-refractivity contribution in [1.82, 2.24) is 19.4 Å². The van der Waals surface area contributed by atoms with Crippen molar-refractivity contribution in [3.63, 3.8) is 0 Å². The summed E-state index contributed by atoms with van der Waals surface area (Å²) in [5, 5.41) is 4.44. The van der Waals surface area contributed by atoms with Gasteiger partial charge in [-0.25, -0.2) is 4.98 Å². The van der Waals surface area contributed by atoms with E-state index in [9.17, 15) is 0 Å². The Bertz CT molecular complexity index is 736. The molecule has 0 saturated heterocycles. The number of fused-ring (bicyclic) bond motifs is 1. The minimum atomic E-state index is 0.942. The molecule has 0 amide bonds. The largest absolute Gasteiger partial charge is 0.350 e. The van der Waals surface area contributed by atoms with Gasteiger partial charge in [0.05, 0.1) is 11.9 Å². The molecule has 1 N–H and O–H groups in total. The van der Waals surface area contributed by atoms with Gasteiger partial charge in [-0.15, -0.1) is 0 Å².